The van der Waals surface area contributed by atoms with Crippen LogP contribution in [0.5, 0.6) is 0 Å². The molecule has 0 saturated carbocycles. The van der Waals surface area contributed by atoms with Gasteiger partial charge in [-0.25, -0.2) is 0 Å². The monoisotopic (exact) mass is 220 g/mol. The van der Waals surface area contributed by atoms with Gasteiger partial charge in [-0.1, -0.05) is 12.0 Å². The lowest BCUT2D eigenvalue weighted by Crippen LogP contribution is -1.81. The molecule has 12 heavy (non-hydrogen) atoms. The van der Waals surface area contributed by atoms with Gasteiger partial charge in [-0.3, -0.25) is 0 Å². The third kappa shape index (κ3) is 3.77. The van der Waals surface area contributed by atoms with Crippen LogP contribution in [0, 0.1) is 11.2 Å². The molecule has 0 bridgehead atoms. The van der Waals surface area contributed by atoms with Crippen molar-refractivity contribution in [1.29, 1.82) is 0 Å². The smallest absolute Gasteiger partial charge is 0.198 e. The summed E-state index contributed by atoms with van der Waals surface area (Å²) in [6, 6.07) is 3.77. The van der Waals surface area contributed by atoms with Crippen LogP contribution in [0.1, 0.15) is 4.88 Å². The zero-order chi connectivity index (χ0) is 9.03. The lowest BCUT2D eigenvalue weighted by Gasteiger charge is -1.81. The van der Waals surface area contributed by atoms with Crippen molar-refractivity contribution in [1.82, 2.24) is 0 Å². The lowest BCUT2D eigenvalue weighted by atomic mass is 10.4. The van der Waals surface area contributed by atoms with Gasteiger partial charge in [-0.2, -0.15) is 8.42 Å². The Labute approximate surface area is 79.6 Å². The van der Waals surface area contributed by atoms with Crippen LogP contribution < -0.4 is 0 Å². The number of rotatable bonds is 1. The van der Waals surface area contributed by atoms with Crippen molar-refractivity contribution >= 4 is 31.1 Å². The van der Waals surface area contributed by atoms with Crippen molar-refractivity contribution in [3.63, 3.8) is 0 Å². The SMILES string of the molecule is O=S(=O)(Cl)C#CCc1cccs1. The van der Waals surface area contributed by atoms with Gasteiger partial charge >= 0.3 is 9.05 Å². The average molecular weight is 221 g/mol. The Balaban J connectivity index is 2.61. The summed E-state index contributed by atoms with van der Waals surface area (Å²) in [5, 5.41) is 3.86. The highest BCUT2D eigenvalue weighted by Crippen LogP contribution is 2.08. The topological polar surface area (TPSA) is 34.1 Å². The van der Waals surface area contributed by atoms with Crippen LogP contribution in [-0.4, -0.2) is 8.42 Å². The van der Waals surface area contributed by atoms with Gasteiger partial charge in [-0.05, 0) is 11.4 Å². The van der Waals surface area contributed by atoms with Gasteiger partial charge < -0.3 is 0 Å². The molecule has 0 aliphatic rings. The maximum atomic E-state index is 10.4. The molecular formula is C7H5ClO2S2. The Morgan fingerprint density at radius 1 is 1.58 bits per heavy atom. The highest BCUT2D eigenvalue weighted by Gasteiger charge is 1.95. The minimum absolute atomic E-state index is 0.434. The molecule has 0 aromatic carbocycles. The third-order valence-electron chi connectivity index (χ3n) is 1.04. The molecule has 0 atom stereocenters. The summed E-state index contributed by atoms with van der Waals surface area (Å²) in [5.41, 5.74) is 0. The first-order chi connectivity index (χ1) is 5.58. The molecular weight excluding hydrogens is 216 g/mol. The average Bonchev–Trinajstić information content (AvgIpc) is 2.36. The Morgan fingerprint density at radius 2 is 2.33 bits per heavy atom. The highest BCUT2D eigenvalue weighted by molar-refractivity contribution is 8.17. The first-order valence-corrected chi connectivity index (χ1v) is 6.23. The molecule has 0 radical (unpaired) electrons. The number of halogens is 1. The Morgan fingerprint density at radius 3 is 2.83 bits per heavy atom. The zero-order valence-electron chi connectivity index (χ0n) is 5.95. The van der Waals surface area contributed by atoms with Crippen LogP contribution in [0.2, 0.25) is 0 Å². The Hall–Kier alpha value is -0.500. The summed E-state index contributed by atoms with van der Waals surface area (Å²) in [5.74, 6) is 2.47. The fourth-order valence-corrected chi connectivity index (χ4v) is 1.68. The molecule has 0 amide bonds. The van der Waals surface area contributed by atoms with Gasteiger partial charge in [0.15, 0.2) is 0 Å². The maximum Gasteiger partial charge on any atom is 0.300 e. The van der Waals surface area contributed by atoms with Crippen molar-refractivity contribution < 1.29 is 8.42 Å². The van der Waals surface area contributed by atoms with Gasteiger partial charge in [0.2, 0.25) is 0 Å². The molecule has 1 aromatic rings. The molecule has 2 nitrogen and oxygen atoms in total. The molecule has 64 valence electrons. The molecule has 5 heteroatoms. The second kappa shape index (κ2) is 3.94. The van der Waals surface area contributed by atoms with E-state index < -0.39 is 9.05 Å². The molecule has 0 saturated heterocycles. The first-order valence-electron chi connectivity index (χ1n) is 3.04. The second-order valence-electron chi connectivity index (χ2n) is 1.97. The minimum Gasteiger partial charge on any atom is -0.198 e. The number of hydrogen-bond acceptors (Lipinski definition) is 3. The number of thiophene rings is 1. The van der Waals surface area contributed by atoms with Crippen LogP contribution >= 0.6 is 22.0 Å². The standard InChI is InChI=1S/C7H5ClO2S2/c8-12(9,10)6-2-4-7-3-1-5-11-7/h1,3,5H,4H2. The van der Waals surface area contributed by atoms with E-state index in [1.807, 2.05) is 22.8 Å². The third-order valence-corrected chi connectivity index (χ3v) is 2.53. The van der Waals surface area contributed by atoms with Crippen molar-refractivity contribution in [2.45, 2.75) is 6.42 Å². The summed E-state index contributed by atoms with van der Waals surface area (Å²) in [4.78, 5) is 1.03. The van der Waals surface area contributed by atoms with E-state index in [9.17, 15) is 8.42 Å². The Kier molecular flexibility index (Phi) is 3.15. The molecule has 1 aromatic heterocycles. The van der Waals surface area contributed by atoms with E-state index in [0.717, 1.165) is 4.88 Å². The molecule has 0 aliphatic heterocycles. The van der Waals surface area contributed by atoms with Gasteiger partial charge in [0, 0.05) is 27.2 Å². The summed E-state index contributed by atoms with van der Waals surface area (Å²) in [7, 11) is 1.21. The molecule has 0 N–H and O–H groups in total. The maximum absolute atomic E-state index is 10.4. The van der Waals surface area contributed by atoms with E-state index in [1.54, 1.807) is 0 Å². The van der Waals surface area contributed by atoms with Crippen molar-refractivity contribution in [2.24, 2.45) is 0 Å². The van der Waals surface area contributed by atoms with Crippen LogP contribution in [0.25, 0.3) is 0 Å². The predicted octanol–water partition coefficient (Wildman–Crippen LogP) is 1.82. The summed E-state index contributed by atoms with van der Waals surface area (Å²) >= 11 is 1.53. The molecule has 1 heterocycles. The van der Waals surface area contributed by atoms with E-state index in [4.69, 9.17) is 10.7 Å². The van der Waals surface area contributed by atoms with Gasteiger partial charge in [-0.15, -0.1) is 11.3 Å². The van der Waals surface area contributed by atoms with E-state index in [2.05, 4.69) is 5.92 Å². The van der Waals surface area contributed by atoms with Crippen molar-refractivity contribution in [3.05, 3.63) is 22.4 Å². The van der Waals surface area contributed by atoms with Gasteiger partial charge in [0.05, 0.1) is 0 Å². The predicted molar refractivity (Wildman–Crippen MR) is 50.6 cm³/mol. The van der Waals surface area contributed by atoms with Crippen LogP contribution in [-0.2, 0) is 15.5 Å². The van der Waals surface area contributed by atoms with Gasteiger partial charge in [0.25, 0.3) is 0 Å². The van der Waals surface area contributed by atoms with E-state index >= 15 is 0 Å². The van der Waals surface area contributed by atoms with Crippen LogP contribution in [0.15, 0.2) is 17.5 Å². The zero-order valence-corrected chi connectivity index (χ0v) is 8.34. The molecule has 0 fully saturated rings. The highest BCUT2D eigenvalue weighted by atomic mass is 35.7. The summed E-state index contributed by atoms with van der Waals surface area (Å²) in [6.07, 6.45) is 0.434. The molecule has 0 aliphatic carbocycles. The number of hydrogen-bond donors (Lipinski definition) is 0. The Bertz CT molecular complexity index is 394. The van der Waals surface area contributed by atoms with E-state index in [1.165, 1.54) is 11.3 Å². The van der Waals surface area contributed by atoms with Gasteiger partial charge in [0.1, 0.15) is 0 Å². The summed E-state index contributed by atoms with van der Waals surface area (Å²) < 4.78 is 20.7. The first kappa shape index (κ1) is 9.59. The normalized spacial score (nSPS) is 10.4. The van der Waals surface area contributed by atoms with Crippen LogP contribution in [0.3, 0.4) is 0 Å². The fraction of sp³-hybridized carbons (Fsp3) is 0.143. The van der Waals surface area contributed by atoms with Crippen LogP contribution in [0.4, 0.5) is 0 Å². The largest absolute Gasteiger partial charge is 0.300 e. The quantitative estimate of drug-likeness (QED) is 0.535. The van der Waals surface area contributed by atoms with E-state index in [0.29, 0.717) is 6.42 Å². The second-order valence-corrected chi connectivity index (χ2v) is 5.30. The fourth-order valence-electron chi connectivity index (χ4n) is 0.623. The molecule has 1 rings (SSSR count). The minimum atomic E-state index is -3.66. The molecule has 0 unspecified atom stereocenters. The lowest BCUT2D eigenvalue weighted by molar-refractivity contribution is 0.618. The van der Waals surface area contributed by atoms with E-state index in [-0.39, 0.29) is 0 Å². The van der Waals surface area contributed by atoms with Crippen molar-refractivity contribution in [2.75, 3.05) is 0 Å². The summed E-state index contributed by atoms with van der Waals surface area (Å²) in [6.45, 7) is 0. The molecule has 0 spiro atoms. The van der Waals surface area contributed by atoms with Crippen molar-refractivity contribution in [3.8, 4) is 11.2 Å².